The van der Waals surface area contributed by atoms with Gasteiger partial charge >= 0.3 is 0 Å². The molecule has 9 atom stereocenters. The van der Waals surface area contributed by atoms with Crippen LogP contribution in [0, 0.1) is 46.8 Å². The fourth-order valence-electron chi connectivity index (χ4n) is 8.38. The van der Waals surface area contributed by atoms with Gasteiger partial charge in [0.25, 0.3) is 0 Å². The lowest BCUT2D eigenvalue weighted by Gasteiger charge is -2.59. The minimum absolute atomic E-state index is 0.00477. The Balaban J connectivity index is 1.45. The third-order valence-corrected chi connectivity index (χ3v) is 9.77. The Kier molecular flexibility index (Phi) is 5.57. The Morgan fingerprint density at radius 1 is 1.00 bits per heavy atom. The molecule has 0 aromatic rings. The van der Waals surface area contributed by atoms with Crippen LogP contribution in [0.2, 0.25) is 0 Å². The molecule has 0 aromatic carbocycles. The van der Waals surface area contributed by atoms with E-state index in [1.54, 1.807) is 0 Å². The molecule has 1 N–H and O–H groups in total. The van der Waals surface area contributed by atoms with E-state index in [4.69, 9.17) is 0 Å². The highest BCUT2D eigenvalue weighted by Gasteiger charge is 2.56. The van der Waals surface area contributed by atoms with Gasteiger partial charge in [-0.25, -0.2) is 0 Å². The van der Waals surface area contributed by atoms with E-state index in [0.29, 0.717) is 5.41 Å². The van der Waals surface area contributed by atoms with Crippen molar-refractivity contribution in [3.63, 3.8) is 0 Å². The summed E-state index contributed by atoms with van der Waals surface area (Å²) in [6, 6.07) is 0. The van der Waals surface area contributed by atoms with Gasteiger partial charge in [0.05, 0.1) is 6.10 Å². The lowest BCUT2D eigenvalue weighted by atomic mass is 9.47. The summed E-state index contributed by atoms with van der Waals surface area (Å²) in [5.41, 5.74) is 0.544. The molecule has 26 heavy (non-hydrogen) atoms. The van der Waals surface area contributed by atoms with Crippen LogP contribution >= 0.6 is 0 Å². The number of aliphatic hydroxyl groups is 1. The van der Waals surface area contributed by atoms with E-state index in [2.05, 4.69) is 32.9 Å². The summed E-state index contributed by atoms with van der Waals surface area (Å²) in [6.45, 7) is 7.31. The van der Waals surface area contributed by atoms with Crippen LogP contribution in [0.5, 0.6) is 0 Å². The van der Waals surface area contributed by atoms with Gasteiger partial charge in [-0.3, -0.25) is 0 Å². The molecule has 0 bridgehead atoms. The van der Waals surface area contributed by atoms with Gasteiger partial charge in [0.15, 0.2) is 0 Å². The van der Waals surface area contributed by atoms with E-state index in [1.807, 2.05) is 0 Å². The Bertz CT molecular complexity index is 510. The van der Waals surface area contributed by atoms with Crippen molar-refractivity contribution in [2.75, 3.05) is 0 Å². The van der Waals surface area contributed by atoms with Gasteiger partial charge in [-0.2, -0.15) is 0 Å². The molecule has 0 aromatic heterocycles. The molecule has 1 heteroatoms. The molecule has 0 spiro atoms. The lowest BCUT2D eigenvalue weighted by molar-refractivity contribution is -0.109. The van der Waals surface area contributed by atoms with E-state index in [-0.39, 0.29) is 6.10 Å². The lowest BCUT2D eigenvalue weighted by Crippen LogP contribution is -2.52. The van der Waals surface area contributed by atoms with Crippen molar-refractivity contribution in [1.82, 2.24) is 0 Å². The number of hydrogen-bond acceptors (Lipinski definition) is 1. The molecule has 148 valence electrons. The van der Waals surface area contributed by atoms with Gasteiger partial charge in [0.2, 0.25) is 0 Å². The van der Waals surface area contributed by atoms with Crippen LogP contribution in [0.15, 0.2) is 12.2 Å². The highest BCUT2D eigenvalue weighted by atomic mass is 16.3. The van der Waals surface area contributed by atoms with E-state index in [9.17, 15) is 5.11 Å². The van der Waals surface area contributed by atoms with Gasteiger partial charge in [-0.1, -0.05) is 26.0 Å². The molecule has 4 fully saturated rings. The summed E-state index contributed by atoms with van der Waals surface area (Å²) >= 11 is 0. The molecule has 1 nitrogen and oxygen atoms in total. The van der Waals surface area contributed by atoms with Crippen LogP contribution in [-0.2, 0) is 0 Å². The topological polar surface area (TPSA) is 20.2 Å². The van der Waals surface area contributed by atoms with E-state index < -0.39 is 0 Å². The van der Waals surface area contributed by atoms with Crippen molar-refractivity contribution in [3.05, 3.63) is 12.2 Å². The monoisotopic (exact) mass is 358 g/mol. The first kappa shape index (κ1) is 19.0. The number of hydrogen-bond donors (Lipinski definition) is 1. The van der Waals surface area contributed by atoms with Crippen molar-refractivity contribution < 1.29 is 5.11 Å². The molecule has 0 saturated heterocycles. The van der Waals surface area contributed by atoms with E-state index >= 15 is 0 Å². The van der Waals surface area contributed by atoms with E-state index in [1.165, 1.54) is 57.8 Å². The van der Waals surface area contributed by atoms with E-state index in [0.717, 1.165) is 54.3 Å². The van der Waals surface area contributed by atoms with Crippen LogP contribution in [0.25, 0.3) is 0 Å². The molecular weight excluding hydrogens is 316 g/mol. The second-order valence-electron chi connectivity index (χ2n) is 10.7. The number of allylic oxidation sites excluding steroid dienone is 2. The fourth-order valence-corrected chi connectivity index (χ4v) is 8.38. The quantitative estimate of drug-likeness (QED) is 0.561. The van der Waals surface area contributed by atoms with Crippen LogP contribution < -0.4 is 0 Å². The third-order valence-electron chi connectivity index (χ3n) is 9.77. The van der Waals surface area contributed by atoms with Crippen molar-refractivity contribution >= 4 is 0 Å². The SMILES string of the molecule is C/C=C/CCC(C)C1CCC2C1CCC1C2CCC2CC(O)CCC21C. The Labute approximate surface area is 162 Å². The zero-order chi connectivity index (χ0) is 18.3. The summed E-state index contributed by atoms with van der Waals surface area (Å²) in [6.07, 6.45) is 19.6. The summed E-state index contributed by atoms with van der Waals surface area (Å²) in [5, 5.41) is 10.2. The molecule has 4 rings (SSSR count). The second-order valence-corrected chi connectivity index (χ2v) is 10.7. The number of aliphatic hydroxyl groups excluding tert-OH is 1. The smallest absolute Gasteiger partial charge is 0.0543 e. The van der Waals surface area contributed by atoms with Crippen LogP contribution in [0.3, 0.4) is 0 Å². The maximum Gasteiger partial charge on any atom is 0.0543 e. The minimum Gasteiger partial charge on any atom is -0.393 e. The molecular formula is C25H42O. The van der Waals surface area contributed by atoms with Crippen molar-refractivity contribution in [1.29, 1.82) is 0 Å². The maximum absolute atomic E-state index is 10.2. The van der Waals surface area contributed by atoms with Crippen molar-refractivity contribution in [2.24, 2.45) is 46.8 Å². The van der Waals surface area contributed by atoms with Crippen molar-refractivity contribution in [2.45, 2.75) is 97.5 Å². The molecule has 4 aliphatic carbocycles. The molecule has 4 saturated carbocycles. The minimum atomic E-state index is -0.00477. The predicted octanol–water partition coefficient (Wildman–Crippen LogP) is 6.61. The Morgan fingerprint density at radius 3 is 2.58 bits per heavy atom. The van der Waals surface area contributed by atoms with Gasteiger partial charge in [-0.05, 0) is 124 Å². The van der Waals surface area contributed by atoms with Crippen LogP contribution in [-0.4, -0.2) is 11.2 Å². The summed E-state index contributed by atoms with van der Waals surface area (Å²) < 4.78 is 0. The molecule has 0 amide bonds. The number of fused-ring (bicyclic) bond motifs is 5. The first-order chi connectivity index (χ1) is 12.5. The summed E-state index contributed by atoms with van der Waals surface area (Å²) in [5.74, 6) is 6.77. The predicted molar refractivity (Wildman–Crippen MR) is 110 cm³/mol. The average Bonchev–Trinajstić information content (AvgIpc) is 3.07. The fraction of sp³-hybridized carbons (Fsp3) is 0.920. The summed E-state index contributed by atoms with van der Waals surface area (Å²) in [7, 11) is 0. The first-order valence-electron chi connectivity index (χ1n) is 11.8. The van der Waals surface area contributed by atoms with Crippen LogP contribution in [0.4, 0.5) is 0 Å². The highest BCUT2D eigenvalue weighted by molar-refractivity contribution is 5.06. The molecule has 4 aliphatic rings. The zero-order valence-corrected chi connectivity index (χ0v) is 17.5. The van der Waals surface area contributed by atoms with Gasteiger partial charge in [0.1, 0.15) is 0 Å². The summed E-state index contributed by atoms with van der Waals surface area (Å²) in [4.78, 5) is 0. The molecule has 0 aliphatic heterocycles. The zero-order valence-electron chi connectivity index (χ0n) is 17.5. The third kappa shape index (κ3) is 3.21. The highest BCUT2D eigenvalue weighted by Crippen LogP contribution is 2.64. The molecule has 9 unspecified atom stereocenters. The first-order valence-corrected chi connectivity index (χ1v) is 11.8. The normalized spacial score (nSPS) is 49.5. The Morgan fingerprint density at radius 2 is 1.77 bits per heavy atom. The molecule has 0 radical (unpaired) electrons. The largest absolute Gasteiger partial charge is 0.393 e. The number of rotatable bonds is 4. The van der Waals surface area contributed by atoms with Crippen LogP contribution in [0.1, 0.15) is 91.4 Å². The van der Waals surface area contributed by atoms with Gasteiger partial charge in [-0.15, -0.1) is 0 Å². The Hall–Kier alpha value is -0.300. The second kappa shape index (κ2) is 7.61. The van der Waals surface area contributed by atoms with Crippen molar-refractivity contribution in [3.8, 4) is 0 Å². The van der Waals surface area contributed by atoms with Gasteiger partial charge < -0.3 is 5.11 Å². The molecule has 0 heterocycles. The van der Waals surface area contributed by atoms with Gasteiger partial charge in [0, 0.05) is 0 Å². The standard InChI is InChI=1S/C25H42O/c1-4-5-6-7-17(2)20-10-11-22-21(20)12-13-24-23(22)9-8-18-16-19(26)14-15-25(18,24)3/h4-5,17-24,26H,6-16H2,1-3H3/b5-4+. The average molecular weight is 359 g/mol. The maximum atomic E-state index is 10.2.